The minimum Gasteiger partial charge on any atom is -0.399 e. The average Bonchev–Trinajstić information content (AvgIpc) is 3.12. The summed E-state index contributed by atoms with van der Waals surface area (Å²) in [6.45, 7) is 8.24. The number of fused-ring (bicyclic) bond motifs is 1. The summed E-state index contributed by atoms with van der Waals surface area (Å²) in [7, 11) is -0.366. The summed E-state index contributed by atoms with van der Waals surface area (Å²) in [5.41, 5.74) is 3.02. The highest BCUT2D eigenvalue weighted by molar-refractivity contribution is 6.62. The van der Waals surface area contributed by atoms with Crippen molar-refractivity contribution in [1.29, 1.82) is 5.26 Å². The van der Waals surface area contributed by atoms with E-state index in [9.17, 15) is 0 Å². The molecule has 0 aliphatic carbocycles. The van der Waals surface area contributed by atoms with Crippen molar-refractivity contribution in [2.24, 2.45) is 0 Å². The predicted octanol–water partition coefficient (Wildman–Crippen LogP) is 3.80. The van der Waals surface area contributed by atoms with Crippen LogP contribution in [-0.2, 0) is 9.31 Å². The number of nitrogens with zero attached hydrogens (tertiary/aromatic N) is 2. The Hall–Kier alpha value is -2.55. The molecule has 0 spiro atoms. The van der Waals surface area contributed by atoms with Crippen molar-refractivity contribution in [3.05, 3.63) is 60.3 Å². The minimum atomic E-state index is -0.366. The van der Waals surface area contributed by atoms with Gasteiger partial charge in [0.2, 0.25) is 0 Å². The van der Waals surface area contributed by atoms with E-state index in [1.165, 1.54) is 0 Å². The maximum atomic E-state index is 9.13. The fourth-order valence-corrected chi connectivity index (χ4v) is 3.24. The van der Waals surface area contributed by atoms with Crippen molar-refractivity contribution in [3.8, 4) is 11.8 Å². The van der Waals surface area contributed by atoms with E-state index in [0.29, 0.717) is 5.56 Å². The normalized spacial score (nSPS) is 18.2. The maximum absolute atomic E-state index is 9.13. The second-order valence-electron chi connectivity index (χ2n) is 7.75. The summed E-state index contributed by atoms with van der Waals surface area (Å²) in [5, 5.41) is 10.2. The summed E-state index contributed by atoms with van der Waals surface area (Å²) < 4.78 is 14.4. The van der Waals surface area contributed by atoms with Gasteiger partial charge in [-0.05, 0) is 68.9 Å². The third-order valence-electron chi connectivity index (χ3n) is 5.49. The molecule has 0 saturated carbocycles. The molecule has 3 aromatic rings. The molecule has 2 aromatic carbocycles. The molecule has 4 rings (SSSR count). The molecule has 130 valence electrons. The van der Waals surface area contributed by atoms with Gasteiger partial charge in [-0.1, -0.05) is 18.2 Å². The lowest BCUT2D eigenvalue weighted by Crippen LogP contribution is -2.41. The monoisotopic (exact) mass is 344 g/mol. The quantitative estimate of drug-likeness (QED) is 0.665. The summed E-state index contributed by atoms with van der Waals surface area (Å²) in [6, 6.07) is 18.1. The van der Waals surface area contributed by atoms with Gasteiger partial charge in [0.15, 0.2) is 0 Å². The van der Waals surface area contributed by atoms with Crippen LogP contribution in [0.2, 0.25) is 0 Å². The lowest BCUT2D eigenvalue weighted by molar-refractivity contribution is 0.00578. The molecule has 0 bridgehead atoms. The number of hydrogen-bond acceptors (Lipinski definition) is 3. The van der Waals surface area contributed by atoms with Gasteiger partial charge in [0.1, 0.15) is 0 Å². The first-order valence-corrected chi connectivity index (χ1v) is 8.78. The van der Waals surface area contributed by atoms with Crippen LogP contribution in [0.4, 0.5) is 0 Å². The smallest absolute Gasteiger partial charge is 0.399 e. The van der Waals surface area contributed by atoms with Crippen molar-refractivity contribution < 1.29 is 9.31 Å². The standard InChI is InChI=1S/C21H21BN2O2/c1-20(2)21(3,4)26-22(25-20)17-8-9-19-16(13-17)10-11-24(19)18-7-5-6-15(12-18)14-23/h5-13H,1-4H3. The summed E-state index contributed by atoms with van der Waals surface area (Å²) >= 11 is 0. The molecule has 1 saturated heterocycles. The molecule has 26 heavy (non-hydrogen) atoms. The molecule has 1 aromatic heterocycles. The van der Waals surface area contributed by atoms with Crippen molar-refractivity contribution in [1.82, 2.24) is 4.57 Å². The summed E-state index contributed by atoms with van der Waals surface area (Å²) in [4.78, 5) is 0. The number of aromatic nitrogens is 1. The fraction of sp³-hybridized carbons (Fsp3) is 0.286. The Morgan fingerprint density at radius 3 is 2.38 bits per heavy atom. The van der Waals surface area contributed by atoms with Gasteiger partial charge >= 0.3 is 7.12 Å². The van der Waals surface area contributed by atoms with Gasteiger partial charge in [-0.25, -0.2) is 0 Å². The van der Waals surface area contributed by atoms with Gasteiger partial charge in [-0.2, -0.15) is 5.26 Å². The second kappa shape index (κ2) is 5.73. The number of benzene rings is 2. The largest absolute Gasteiger partial charge is 0.494 e. The molecular formula is C21H21BN2O2. The van der Waals surface area contributed by atoms with Gasteiger partial charge in [0, 0.05) is 11.9 Å². The Balaban J connectivity index is 1.72. The third kappa shape index (κ3) is 2.63. The second-order valence-corrected chi connectivity index (χ2v) is 7.75. The van der Waals surface area contributed by atoms with E-state index >= 15 is 0 Å². The molecule has 0 amide bonds. The molecule has 4 nitrogen and oxygen atoms in total. The zero-order valence-electron chi connectivity index (χ0n) is 15.5. The van der Waals surface area contributed by atoms with Crippen LogP contribution in [0.25, 0.3) is 16.6 Å². The van der Waals surface area contributed by atoms with Gasteiger partial charge in [0.25, 0.3) is 0 Å². The molecule has 0 atom stereocenters. The first kappa shape index (κ1) is 16.9. The van der Waals surface area contributed by atoms with Crippen molar-refractivity contribution in [2.75, 3.05) is 0 Å². The predicted molar refractivity (Wildman–Crippen MR) is 104 cm³/mol. The SMILES string of the molecule is CC1(C)OB(c2ccc3c(ccn3-c3cccc(C#N)c3)c2)OC1(C)C. The highest BCUT2D eigenvalue weighted by atomic mass is 16.7. The molecular weight excluding hydrogens is 323 g/mol. The molecule has 0 radical (unpaired) electrons. The van der Waals surface area contributed by atoms with Gasteiger partial charge < -0.3 is 13.9 Å². The van der Waals surface area contributed by atoms with Crippen LogP contribution in [0.5, 0.6) is 0 Å². The van der Waals surface area contributed by atoms with Crippen LogP contribution < -0.4 is 5.46 Å². The highest BCUT2D eigenvalue weighted by Crippen LogP contribution is 2.36. The van der Waals surface area contributed by atoms with E-state index in [-0.39, 0.29) is 18.3 Å². The zero-order valence-corrected chi connectivity index (χ0v) is 15.5. The van der Waals surface area contributed by atoms with Crippen LogP contribution in [0.15, 0.2) is 54.7 Å². The van der Waals surface area contributed by atoms with Crippen molar-refractivity contribution in [2.45, 2.75) is 38.9 Å². The van der Waals surface area contributed by atoms with Crippen LogP contribution in [0.3, 0.4) is 0 Å². The van der Waals surface area contributed by atoms with E-state index in [0.717, 1.165) is 22.1 Å². The lowest BCUT2D eigenvalue weighted by Gasteiger charge is -2.32. The topological polar surface area (TPSA) is 47.2 Å². The Kier molecular flexibility index (Phi) is 3.73. The van der Waals surface area contributed by atoms with Crippen molar-refractivity contribution in [3.63, 3.8) is 0 Å². The Bertz CT molecular complexity index is 1010. The summed E-state index contributed by atoms with van der Waals surface area (Å²) in [6.07, 6.45) is 2.02. The van der Waals surface area contributed by atoms with E-state index in [1.54, 1.807) is 0 Å². The zero-order chi connectivity index (χ0) is 18.5. The Morgan fingerprint density at radius 2 is 1.69 bits per heavy atom. The van der Waals surface area contributed by atoms with Crippen LogP contribution in [0.1, 0.15) is 33.3 Å². The first-order valence-electron chi connectivity index (χ1n) is 8.78. The Morgan fingerprint density at radius 1 is 0.962 bits per heavy atom. The Labute approximate surface area is 154 Å². The number of nitriles is 1. The van der Waals surface area contributed by atoms with Gasteiger partial charge in [-0.15, -0.1) is 0 Å². The van der Waals surface area contributed by atoms with Crippen LogP contribution in [-0.4, -0.2) is 22.9 Å². The minimum absolute atomic E-state index is 0.351. The number of rotatable bonds is 2. The van der Waals surface area contributed by atoms with Gasteiger partial charge in [-0.3, -0.25) is 0 Å². The number of hydrogen-bond donors (Lipinski definition) is 0. The molecule has 0 N–H and O–H groups in total. The van der Waals surface area contributed by atoms with Crippen molar-refractivity contribution >= 4 is 23.5 Å². The lowest BCUT2D eigenvalue weighted by atomic mass is 9.78. The van der Waals surface area contributed by atoms with E-state index in [4.69, 9.17) is 14.6 Å². The molecule has 1 fully saturated rings. The van der Waals surface area contributed by atoms with E-state index in [1.807, 2.05) is 30.5 Å². The highest BCUT2D eigenvalue weighted by Gasteiger charge is 2.51. The maximum Gasteiger partial charge on any atom is 0.494 e. The molecule has 2 heterocycles. The average molecular weight is 344 g/mol. The van der Waals surface area contributed by atoms with E-state index in [2.05, 4.69) is 62.6 Å². The first-order chi connectivity index (χ1) is 12.3. The van der Waals surface area contributed by atoms with Crippen LogP contribution >= 0.6 is 0 Å². The fourth-order valence-electron chi connectivity index (χ4n) is 3.24. The molecule has 1 aliphatic heterocycles. The third-order valence-corrected chi connectivity index (χ3v) is 5.49. The molecule has 0 unspecified atom stereocenters. The summed E-state index contributed by atoms with van der Waals surface area (Å²) in [5.74, 6) is 0. The molecule has 1 aliphatic rings. The molecule has 5 heteroatoms. The van der Waals surface area contributed by atoms with Gasteiger partial charge in [0.05, 0.1) is 28.4 Å². The van der Waals surface area contributed by atoms with E-state index < -0.39 is 0 Å². The van der Waals surface area contributed by atoms with Crippen LogP contribution in [0, 0.1) is 11.3 Å².